The summed E-state index contributed by atoms with van der Waals surface area (Å²) in [7, 11) is 0. The lowest BCUT2D eigenvalue weighted by atomic mass is 9.99. The first-order valence-corrected chi connectivity index (χ1v) is 10.7. The van der Waals surface area contributed by atoms with Crippen LogP contribution in [-0.4, -0.2) is 30.9 Å². The number of nitrogens with zero attached hydrogens (tertiary/aromatic N) is 2. The number of fused-ring (bicyclic) bond motifs is 2. The molecule has 0 N–H and O–H groups in total. The van der Waals surface area contributed by atoms with Gasteiger partial charge in [0, 0.05) is 17.8 Å². The van der Waals surface area contributed by atoms with E-state index in [0.717, 1.165) is 29.0 Å². The van der Waals surface area contributed by atoms with Crippen molar-refractivity contribution in [3.63, 3.8) is 0 Å². The van der Waals surface area contributed by atoms with Crippen molar-refractivity contribution in [1.29, 1.82) is 0 Å². The minimum atomic E-state index is -0.428. The zero-order valence-corrected chi connectivity index (χ0v) is 17.7. The van der Waals surface area contributed by atoms with Gasteiger partial charge in [-0.3, -0.25) is 14.4 Å². The molecule has 3 aromatic carbocycles. The van der Waals surface area contributed by atoms with Gasteiger partial charge in [0.05, 0.1) is 23.4 Å². The Balaban J connectivity index is 1.45. The molecular weight excluding hydrogens is 404 g/mol. The van der Waals surface area contributed by atoms with Gasteiger partial charge in [0.25, 0.3) is 17.7 Å². The Morgan fingerprint density at radius 2 is 1.69 bits per heavy atom. The van der Waals surface area contributed by atoms with Crippen LogP contribution in [0.3, 0.4) is 0 Å². The SMILES string of the molecule is CCOc1ccc(N2C(=O)c3ccc(C(=O)N4CCCc5ccccc54)cc3C2=O)cc1. The molecule has 5 rings (SSSR count). The van der Waals surface area contributed by atoms with Crippen molar-refractivity contribution in [3.8, 4) is 5.75 Å². The van der Waals surface area contributed by atoms with E-state index in [9.17, 15) is 14.4 Å². The van der Waals surface area contributed by atoms with Gasteiger partial charge in [-0.1, -0.05) is 18.2 Å². The molecule has 0 radical (unpaired) electrons. The fourth-order valence-electron chi connectivity index (χ4n) is 4.37. The third-order valence-corrected chi connectivity index (χ3v) is 5.89. The van der Waals surface area contributed by atoms with Crippen LogP contribution in [-0.2, 0) is 6.42 Å². The number of benzene rings is 3. The van der Waals surface area contributed by atoms with Crippen LogP contribution in [0.1, 0.15) is 50.0 Å². The first-order valence-electron chi connectivity index (χ1n) is 10.7. The predicted molar refractivity (Wildman–Crippen MR) is 122 cm³/mol. The molecular formula is C26H22N2O4. The van der Waals surface area contributed by atoms with Crippen molar-refractivity contribution in [1.82, 2.24) is 0 Å². The normalized spacial score (nSPS) is 14.9. The van der Waals surface area contributed by atoms with Crippen molar-refractivity contribution in [2.24, 2.45) is 0 Å². The van der Waals surface area contributed by atoms with E-state index in [1.165, 1.54) is 0 Å². The highest BCUT2D eigenvalue weighted by atomic mass is 16.5. The quantitative estimate of drug-likeness (QED) is 0.577. The van der Waals surface area contributed by atoms with Crippen molar-refractivity contribution in [2.45, 2.75) is 19.8 Å². The van der Waals surface area contributed by atoms with E-state index in [0.29, 0.717) is 35.7 Å². The van der Waals surface area contributed by atoms with Crippen LogP contribution in [0.5, 0.6) is 5.75 Å². The highest BCUT2D eigenvalue weighted by Crippen LogP contribution is 2.32. The second kappa shape index (κ2) is 7.96. The maximum atomic E-state index is 13.3. The van der Waals surface area contributed by atoms with Crippen LogP contribution < -0.4 is 14.5 Å². The first kappa shape index (κ1) is 20.0. The number of imide groups is 1. The third-order valence-electron chi connectivity index (χ3n) is 5.89. The molecule has 3 aromatic rings. The standard InChI is InChI=1S/C26H22N2O4/c1-2-32-20-12-10-19(11-13-20)28-25(30)21-14-9-18(16-22(21)26(28)31)24(29)27-15-5-7-17-6-3-4-8-23(17)27/h3-4,6,8-14,16H,2,5,7,15H2,1H3. The summed E-state index contributed by atoms with van der Waals surface area (Å²) >= 11 is 0. The largest absolute Gasteiger partial charge is 0.494 e. The number of hydrogen-bond donors (Lipinski definition) is 0. The molecule has 0 aromatic heterocycles. The maximum absolute atomic E-state index is 13.3. The highest BCUT2D eigenvalue weighted by Gasteiger charge is 2.37. The van der Waals surface area contributed by atoms with Gasteiger partial charge in [-0.05, 0) is 73.9 Å². The number of amides is 3. The fraction of sp³-hybridized carbons (Fsp3) is 0.192. The topological polar surface area (TPSA) is 66.9 Å². The Bertz CT molecular complexity index is 1230. The first-order chi connectivity index (χ1) is 15.6. The number of ether oxygens (including phenoxy) is 1. The summed E-state index contributed by atoms with van der Waals surface area (Å²) in [6.07, 6.45) is 1.82. The van der Waals surface area contributed by atoms with Gasteiger partial charge < -0.3 is 9.64 Å². The monoisotopic (exact) mass is 426 g/mol. The summed E-state index contributed by atoms with van der Waals surface area (Å²) in [6, 6.07) is 19.5. The van der Waals surface area contributed by atoms with Crippen LogP contribution >= 0.6 is 0 Å². The van der Waals surface area contributed by atoms with Crippen LogP contribution in [0.4, 0.5) is 11.4 Å². The summed E-state index contributed by atoms with van der Waals surface area (Å²) in [5.41, 5.74) is 3.47. The Morgan fingerprint density at radius 1 is 0.938 bits per heavy atom. The van der Waals surface area contributed by atoms with E-state index in [1.807, 2.05) is 31.2 Å². The summed E-state index contributed by atoms with van der Waals surface area (Å²) in [6.45, 7) is 3.04. The molecule has 6 nitrogen and oxygen atoms in total. The van der Waals surface area contributed by atoms with Gasteiger partial charge in [-0.25, -0.2) is 4.90 Å². The number of anilines is 2. The molecule has 0 bridgehead atoms. The smallest absolute Gasteiger partial charge is 0.266 e. The molecule has 160 valence electrons. The molecule has 0 saturated carbocycles. The van der Waals surface area contributed by atoms with E-state index in [1.54, 1.807) is 47.4 Å². The molecule has 0 atom stereocenters. The molecule has 0 spiro atoms. The lowest BCUT2D eigenvalue weighted by Gasteiger charge is -2.29. The molecule has 2 heterocycles. The van der Waals surface area contributed by atoms with Crippen molar-refractivity contribution >= 4 is 29.1 Å². The number of carbonyl (C=O) groups is 3. The minimum absolute atomic E-state index is 0.167. The molecule has 0 unspecified atom stereocenters. The number of rotatable bonds is 4. The van der Waals surface area contributed by atoms with Crippen LogP contribution in [0.2, 0.25) is 0 Å². The minimum Gasteiger partial charge on any atom is -0.494 e. The molecule has 0 aliphatic carbocycles. The Hall–Kier alpha value is -3.93. The molecule has 0 fully saturated rings. The van der Waals surface area contributed by atoms with E-state index in [2.05, 4.69) is 0 Å². The van der Waals surface area contributed by atoms with Crippen LogP contribution in [0.25, 0.3) is 0 Å². The van der Waals surface area contributed by atoms with Crippen LogP contribution in [0.15, 0.2) is 66.7 Å². The van der Waals surface area contributed by atoms with Gasteiger partial charge in [0.1, 0.15) is 5.75 Å². The van der Waals surface area contributed by atoms with E-state index < -0.39 is 11.8 Å². The lowest BCUT2D eigenvalue weighted by Crippen LogP contribution is -2.35. The summed E-state index contributed by atoms with van der Waals surface area (Å²) in [4.78, 5) is 42.3. The number of aryl methyl sites for hydroxylation is 1. The van der Waals surface area contributed by atoms with Crippen molar-refractivity contribution < 1.29 is 19.1 Å². The van der Waals surface area contributed by atoms with Gasteiger partial charge in [-0.2, -0.15) is 0 Å². The van der Waals surface area contributed by atoms with Gasteiger partial charge in [0.2, 0.25) is 0 Å². The second-order valence-electron chi connectivity index (χ2n) is 7.82. The van der Waals surface area contributed by atoms with Crippen LogP contribution in [0, 0.1) is 0 Å². The summed E-state index contributed by atoms with van der Waals surface area (Å²) in [5, 5.41) is 0. The Morgan fingerprint density at radius 3 is 2.47 bits per heavy atom. The lowest BCUT2D eigenvalue weighted by molar-refractivity contribution is 0.0925. The van der Waals surface area contributed by atoms with Gasteiger partial charge in [0.15, 0.2) is 0 Å². The van der Waals surface area contributed by atoms with E-state index in [4.69, 9.17) is 4.74 Å². The molecule has 6 heteroatoms. The Kier molecular flexibility index (Phi) is 4.98. The molecule has 32 heavy (non-hydrogen) atoms. The molecule has 3 amide bonds. The third kappa shape index (κ3) is 3.24. The summed E-state index contributed by atoms with van der Waals surface area (Å²) in [5.74, 6) is -0.318. The summed E-state index contributed by atoms with van der Waals surface area (Å²) < 4.78 is 5.43. The Labute approximate surface area is 186 Å². The fourth-order valence-corrected chi connectivity index (χ4v) is 4.37. The molecule has 2 aliphatic rings. The molecule has 0 saturated heterocycles. The number of hydrogen-bond acceptors (Lipinski definition) is 4. The average Bonchev–Trinajstić information content (AvgIpc) is 3.08. The maximum Gasteiger partial charge on any atom is 0.266 e. The van der Waals surface area contributed by atoms with E-state index in [-0.39, 0.29) is 11.5 Å². The molecule has 2 aliphatic heterocycles. The van der Waals surface area contributed by atoms with E-state index >= 15 is 0 Å². The number of carbonyl (C=O) groups excluding carboxylic acids is 3. The zero-order chi connectivity index (χ0) is 22.2. The average molecular weight is 426 g/mol. The second-order valence-corrected chi connectivity index (χ2v) is 7.82. The van der Waals surface area contributed by atoms with Gasteiger partial charge in [-0.15, -0.1) is 0 Å². The predicted octanol–water partition coefficient (Wildman–Crippen LogP) is 4.48. The number of para-hydroxylation sites is 1. The highest BCUT2D eigenvalue weighted by molar-refractivity contribution is 6.34. The zero-order valence-electron chi connectivity index (χ0n) is 17.7. The van der Waals surface area contributed by atoms with Crippen molar-refractivity contribution in [2.75, 3.05) is 23.0 Å². The van der Waals surface area contributed by atoms with Gasteiger partial charge >= 0.3 is 0 Å². The van der Waals surface area contributed by atoms with Crippen molar-refractivity contribution in [3.05, 3.63) is 89.0 Å².